The van der Waals surface area contributed by atoms with Crippen LogP contribution >= 0.6 is 0 Å². The molecule has 0 radical (unpaired) electrons. The zero-order valence-electron chi connectivity index (χ0n) is 11.6. The van der Waals surface area contributed by atoms with E-state index in [2.05, 4.69) is 6.58 Å². The highest BCUT2D eigenvalue weighted by Gasteiger charge is 2.39. The number of unbranched alkanes of at least 4 members (excludes halogenated alkanes) is 1. The average molecular weight is 258 g/mol. The molecule has 18 heavy (non-hydrogen) atoms. The maximum atomic E-state index is 11.9. The molecule has 0 fully saturated rings. The van der Waals surface area contributed by atoms with Crippen molar-refractivity contribution >= 4 is 11.9 Å². The maximum absolute atomic E-state index is 11.9. The van der Waals surface area contributed by atoms with Gasteiger partial charge < -0.3 is 14.2 Å². The number of rotatable bonds is 8. The van der Waals surface area contributed by atoms with Gasteiger partial charge in [0.05, 0.1) is 13.2 Å². The Labute approximate surface area is 108 Å². The van der Waals surface area contributed by atoms with E-state index in [1.807, 2.05) is 6.92 Å². The van der Waals surface area contributed by atoms with E-state index in [4.69, 9.17) is 14.2 Å². The van der Waals surface area contributed by atoms with E-state index in [-0.39, 0.29) is 12.2 Å². The number of hydrogen-bond donors (Lipinski definition) is 0. The molecule has 0 heterocycles. The third-order valence-electron chi connectivity index (χ3n) is 2.25. The highest BCUT2D eigenvalue weighted by atomic mass is 16.6. The summed E-state index contributed by atoms with van der Waals surface area (Å²) in [4.78, 5) is 23.4. The molecular formula is C13H22O5. The average Bonchev–Trinajstić information content (AvgIpc) is 2.29. The molecule has 0 aromatic rings. The molecule has 0 aliphatic rings. The first-order valence-electron chi connectivity index (χ1n) is 5.92. The third kappa shape index (κ3) is 5.31. The van der Waals surface area contributed by atoms with Gasteiger partial charge in [0.2, 0.25) is 5.60 Å². The zero-order chi connectivity index (χ0) is 14.2. The Morgan fingerprint density at radius 1 is 1.33 bits per heavy atom. The topological polar surface area (TPSA) is 61.8 Å². The van der Waals surface area contributed by atoms with Gasteiger partial charge in [-0.25, -0.2) is 9.59 Å². The molecule has 0 saturated carbocycles. The molecule has 0 rings (SSSR count). The lowest BCUT2D eigenvalue weighted by atomic mass is 10.1. The van der Waals surface area contributed by atoms with Crippen LogP contribution in [0.1, 0.15) is 33.6 Å². The Balaban J connectivity index is 4.63. The van der Waals surface area contributed by atoms with Gasteiger partial charge >= 0.3 is 11.9 Å². The van der Waals surface area contributed by atoms with Gasteiger partial charge in [-0.3, -0.25) is 0 Å². The van der Waals surface area contributed by atoms with E-state index < -0.39 is 17.5 Å². The van der Waals surface area contributed by atoms with Crippen molar-refractivity contribution in [1.29, 1.82) is 0 Å². The van der Waals surface area contributed by atoms with E-state index in [1.165, 1.54) is 21.0 Å². The molecule has 0 aromatic heterocycles. The van der Waals surface area contributed by atoms with Crippen LogP contribution < -0.4 is 0 Å². The first-order chi connectivity index (χ1) is 8.37. The maximum Gasteiger partial charge on any atom is 0.352 e. The minimum atomic E-state index is -1.43. The number of methoxy groups -OCH3 is 1. The summed E-state index contributed by atoms with van der Waals surface area (Å²) >= 11 is 0. The van der Waals surface area contributed by atoms with Crippen LogP contribution in [0.25, 0.3) is 0 Å². The minimum absolute atomic E-state index is 0.0586. The Morgan fingerprint density at radius 3 is 2.39 bits per heavy atom. The first kappa shape index (κ1) is 16.6. The summed E-state index contributed by atoms with van der Waals surface area (Å²) in [5.41, 5.74) is -1.21. The molecule has 5 heteroatoms. The van der Waals surface area contributed by atoms with Crippen molar-refractivity contribution in [1.82, 2.24) is 0 Å². The van der Waals surface area contributed by atoms with Crippen LogP contribution in [0.5, 0.6) is 0 Å². The van der Waals surface area contributed by atoms with Gasteiger partial charge in [0, 0.05) is 12.7 Å². The number of carbonyl (C=O) groups is 2. The second-order valence-corrected chi connectivity index (χ2v) is 4.32. The summed E-state index contributed by atoms with van der Waals surface area (Å²) in [6.07, 6.45) is 1.68. The number of hydrogen-bond acceptors (Lipinski definition) is 5. The summed E-state index contributed by atoms with van der Waals surface area (Å²) in [6, 6.07) is 0. The van der Waals surface area contributed by atoms with Gasteiger partial charge in [-0.05, 0) is 20.3 Å². The summed E-state index contributed by atoms with van der Waals surface area (Å²) in [7, 11) is 1.42. The number of ether oxygens (including phenoxy) is 3. The predicted molar refractivity (Wildman–Crippen MR) is 67.1 cm³/mol. The molecule has 0 N–H and O–H groups in total. The van der Waals surface area contributed by atoms with Crippen molar-refractivity contribution < 1.29 is 23.8 Å². The molecule has 5 nitrogen and oxygen atoms in total. The van der Waals surface area contributed by atoms with Crippen molar-refractivity contribution in [2.24, 2.45) is 0 Å². The molecule has 0 spiro atoms. The highest BCUT2D eigenvalue weighted by molar-refractivity contribution is 5.90. The Bertz CT molecular complexity index is 311. The standard InChI is InChI=1S/C13H22O5/c1-6-7-8-17-12(15)13(4,9-16-5)18-11(14)10(2)3/h2,6-9H2,1,3-5H3. The van der Waals surface area contributed by atoms with E-state index in [0.717, 1.165) is 12.8 Å². The Kier molecular flexibility index (Phi) is 7.27. The number of esters is 2. The lowest BCUT2D eigenvalue weighted by Crippen LogP contribution is -2.46. The predicted octanol–water partition coefficient (Wildman–Crippen LogP) is 1.85. The molecule has 104 valence electrons. The van der Waals surface area contributed by atoms with Gasteiger partial charge in [-0.2, -0.15) is 0 Å². The Hall–Kier alpha value is -1.36. The molecule has 0 aliphatic carbocycles. The highest BCUT2D eigenvalue weighted by Crippen LogP contribution is 2.16. The van der Waals surface area contributed by atoms with Crippen molar-refractivity contribution in [2.75, 3.05) is 20.3 Å². The third-order valence-corrected chi connectivity index (χ3v) is 2.25. The van der Waals surface area contributed by atoms with Crippen molar-refractivity contribution in [3.63, 3.8) is 0 Å². The van der Waals surface area contributed by atoms with Crippen molar-refractivity contribution in [3.8, 4) is 0 Å². The summed E-state index contributed by atoms with van der Waals surface area (Å²) in [5, 5.41) is 0. The first-order valence-corrected chi connectivity index (χ1v) is 5.92. The quantitative estimate of drug-likeness (QED) is 0.378. The number of carbonyl (C=O) groups excluding carboxylic acids is 2. The fraction of sp³-hybridized carbons (Fsp3) is 0.692. The molecule has 0 aromatic carbocycles. The molecule has 0 bridgehead atoms. The van der Waals surface area contributed by atoms with Crippen LogP contribution in [0.4, 0.5) is 0 Å². The van der Waals surface area contributed by atoms with Crippen LogP contribution in [0.3, 0.4) is 0 Å². The van der Waals surface area contributed by atoms with Crippen molar-refractivity contribution in [2.45, 2.75) is 39.2 Å². The van der Waals surface area contributed by atoms with E-state index in [0.29, 0.717) is 6.61 Å². The molecule has 0 aliphatic heterocycles. The van der Waals surface area contributed by atoms with E-state index >= 15 is 0 Å². The minimum Gasteiger partial charge on any atom is -0.463 e. The molecule has 0 saturated heterocycles. The monoisotopic (exact) mass is 258 g/mol. The molecule has 1 unspecified atom stereocenters. The van der Waals surface area contributed by atoms with Gasteiger partial charge in [-0.15, -0.1) is 0 Å². The van der Waals surface area contributed by atoms with Crippen LogP contribution in [-0.4, -0.2) is 37.9 Å². The smallest absolute Gasteiger partial charge is 0.352 e. The van der Waals surface area contributed by atoms with Crippen LogP contribution in [0.2, 0.25) is 0 Å². The summed E-state index contributed by atoms with van der Waals surface area (Å²) < 4.78 is 15.1. The SMILES string of the molecule is C=C(C)C(=O)OC(C)(COC)C(=O)OCCCC. The second kappa shape index (κ2) is 7.87. The molecular weight excluding hydrogens is 236 g/mol. The van der Waals surface area contributed by atoms with Crippen LogP contribution in [0.15, 0.2) is 12.2 Å². The van der Waals surface area contributed by atoms with Gasteiger partial charge in [0.1, 0.15) is 0 Å². The largest absolute Gasteiger partial charge is 0.463 e. The lowest BCUT2D eigenvalue weighted by molar-refractivity contribution is -0.184. The van der Waals surface area contributed by atoms with Crippen molar-refractivity contribution in [3.05, 3.63) is 12.2 Å². The Morgan fingerprint density at radius 2 is 1.94 bits per heavy atom. The fourth-order valence-electron chi connectivity index (χ4n) is 1.16. The van der Waals surface area contributed by atoms with Gasteiger partial charge in [0.25, 0.3) is 0 Å². The second-order valence-electron chi connectivity index (χ2n) is 4.32. The summed E-state index contributed by atoms with van der Waals surface area (Å²) in [5.74, 6) is -1.24. The molecule has 0 amide bonds. The van der Waals surface area contributed by atoms with Gasteiger partial charge in [-0.1, -0.05) is 19.9 Å². The zero-order valence-corrected chi connectivity index (χ0v) is 11.6. The normalized spacial score (nSPS) is 13.6. The van der Waals surface area contributed by atoms with E-state index in [1.54, 1.807) is 0 Å². The fourth-order valence-corrected chi connectivity index (χ4v) is 1.16. The van der Waals surface area contributed by atoms with E-state index in [9.17, 15) is 9.59 Å². The van der Waals surface area contributed by atoms with Crippen LogP contribution in [0, 0.1) is 0 Å². The van der Waals surface area contributed by atoms with Crippen LogP contribution in [-0.2, 0) is 23.8 Å². The van der Waals surface area contributed by atoms with Gasteiger partial charge in [0.15, 0.2) is 0 Å². The summed E-state index contributed by atoms with van der Waals surface area (Å²) in [6.45, 7) is 8.68. The molecule has 1 atom stereocenters. The lowest BCUT2D eigenvalue weighted by Gasteiger charge is -2.26.